The predicted molar refractivity (Wildman–Crippen MR) is 61.9 cm³/mol. The number of likely N-dealkylation sites (tertiary alicyclic amines) is 1. The molecule has 15 heavy (non-hydrogen) atoms. The van der Waals surface area contributed by atoms with Crippen LogP contribution in [0.3, 0.4) is 0 Å². The molecular formula is C12H23N3. The molecule has 0 radical (unpaired) electrons. The van der Waals surface area contributed by atoms with E-state index in [1.807, 2.05) is 0 Å². The second kappa shape index (κ2) is 3.72. The van der Waals surface area contributed by atoms with Crippen LogP contribution in [0.2, 0.25) is 0 Å². The number of fused-ring (bicyclic) bond motifs is 1. The molecule has 0 aromatic carbocycles. The number of piperazine rings is 1. The second-order valence-electron chi connectivity index (χ2n) is 5.82. The van der Waals surface area contributed by atoms with Crippen molar-refractivity contribution in [2.45, 2.75) is 0 Å². The Balaban J connectivity index is 1.44. The summed E-state index contributed by atoms with van der Waals surface area (Å²) in [4.78, 5) is 7.62. The Labute approximate surface area is 93.0 Å². The molecule has 2 saturated heterocycles. The van der Waals surface area contributed by atoms with Crippen LogP contribution in [0.5, 0.6) is 0 Å². The van der Waals surface area contributed by atoms with Crippen LogP contribution < -0.4 is 0 Å². The van der Waals surface area contributed by atoms with Gasteiger partial charge in [0.05, 0.1) is 0 Å². The Kier molecular flexibility index (Phi) is 2.49. The van der Waals surface area contributed by atoms with E-state index in [2.05, 4.69) is 28.8 Å². The first kappa shape index (κ1) is 10.1. The van der Waals surface area contributed by atoms with Crippen molar-refractivity contribution in [3.8, 4) is 0 Å². The van der Waals surface area contributed by atoms with Gasteiger partial charge >= 0.3 is 0 Å². The van der Waals surface area contributed by atoms with Gasteiger partial charge < -0.3 is 14.7 Å². The predicted octanol–water partition coefficient (Wildman–Crippen LogP) is 0.0414. The molecule has 2 unspecified atom stereocenters. The normalized spacial score (nSPS) is 43.2. The highest BCUT2D eigenvalue weighted by atomic mass is 15.3. The van der Waals surface area contributed by atoms with E-state index >= 15 is 0 Å². The van der Waals surface area contributed by atoms with Gasteiger partial charge in [-0.3, -0.25) is 0 Å². The molecule has 86 valence electrons. The van der Waals surface area contributed by atoms with Crippen LogP contribution in [0, 0.1) is 17.8 Å². The number of hydrogen-bond acceptors (Lipinski definition) is 3. The lowest BCUT2D eigenvalue weighted by atomic mass is 10.2. The Morgan fingerprint density at radius 3 is 2.07 bits per heavy atom. The van der Waals surface area contributed by atoms with Crippen LogP contribution >= 0.6 is 0 Å². The van der Waals surface area contributed by atoms with E-state index < -0.39 is 0 Å². The van der Waals surface area contributed by atoms with Crippen LogP contribution in [0.25, 0.3) is 0 Å². The first-order chi connectivity index (χ1) is 7.24. The van der Waals surface area contributed by atoms with Gasteiger partial charge in [0.1, 0.15) is 0 Å². The van der Waals surface area contributed by atoms with Gasteiger partial charge in [0.15, 0.2) is 0 Å². The van der Waals surface area contributed by atoms with E-state index in [-0.39, 0.29) is 0 Å². The molecule has 3 nitrogen and oxygen atoms in total. The maximum absolute atomic E-state index is 2.68. The van der Waals surface area contributed by atoms with Crippen molar-refractivity contribution in [1.82, 2.24) is 14.7 Å². The summed E-state index contributed by atoms with van der Waals surface area (Å²) >= 11 is 0. The second-order valence-corrected chi connectivity index (χ2v) is 5.82. The monoisotopic (exact) mass is 209 g/mol. The molecule has 0 aromatic rings. The van der Waals surface area contributed by atoms with E-state index in [1.54, 1.807) is 0 Å². The van der Waals surface area contributed by atoms with Crippen molar-refractivity contribution in [2.24, 2.45) is 17.8 Å². The molecular weight excluding hydrogens is 186 g/mol. The highest BCUT2D eigenvalue weighted by molar-refractivity contribution is 5.05. The lowest BCUT2D eigenvalue weighted by Gasteiger charge is -2.33. The van der Waals surface area contributed by atoms with Crippen LogP contribution in [0.4, 0.5) is 0 Å². The molecule has 2 heterocycles. The molecule has 2 aliphatic heterocycles. The summed E-state index contributed by atoms with van der Waals surface area (Å²) in [6.45, 7) is 9.23. The number of rotatable bonds is 2. The number of piperidine rings is 1. The van der Waals surface area contributed by atoms with Crippen molar-refractivity contribution < 1.29 is 0 Å². The summed E-state index contributed by atoms with van der Waals surface area (Å²) < 4.78 is 0. The Bertz CT molecular complexity index is 223. The smallest absolute Gasteiger partial charge is 0.0110 e. The van der Waals surface area contributed by atoms with Crippen molar-refractivity contribution in [2.75, 3.05) is 59.9 Å². The van der Waals surface area contributed by atoms with Crippen LogP contribution in [-0.2, 0) is 0 Å². The molecule has 0 bridgehead atoms. The molecule has 0 spiro atoms. The molecule has 1 aliphatic carbocycles. The van der Waals surface area contributed by atoms with Gasteiger partial charge in [-0.05, 0) is 31.8 Å². The maximum atomic E-state index is 2.68. The fraction of sp³-hybridized carbons (Fsp3) is 1.00. The lowest BCUT2D eigenvalue weighted by molar-refractivity contribution is 0.142. The van der Waals surface area contributed by atoms with Gasteiger partial charge in [-0.2, -0.15) is 0 Å². The molecule has 3 heteroatoms. The third kappa shape index (κ3) is 1.93. The Morgan fingerprint density at radius 2 is 1.47 bits per heavy atom. The average Bonchev–Trinajstić information content (AvgIpc) is 2.69. The van der Waals surface area contributed by atoms with E-state index in [0.717, 1.165) is 17.8 Å². The van der Waals surface area contributed by atoms with Gasteiger partial charge in [-0.25, -0.2) is 0 Å². The number of nitrogens with zero attached hydrogens (tertiary/aromatic N) is 3. The van der Waals surface area contributed by atoms with Crippen LogP contribution in [-0.4, -0.2) is 74.6 Å². The fourth-order valence-corrected chi connectivity index (χ4v) is 3.46. The third-order valence-electron chi connectivity index (χ3n) is 4.62. The van der Waals surface area contributed by atoms with E-state index in [4.69, 9.17) is 0 Å². The van der Waals surface area contributed by atoms with Gasteiger partial charge in [-0.15, -0.1) is 0 Å². The molecule has 3 aliphatic rings. The molecule has 3 fully saturated rings. The third-order valence-corrected chi connectivity index (χ3v) is 4.62. The standard InChI is InChI=1S/C12H23N3/c1-13-3-5-15(6-4-13)9-12-10-7-14(2)8-11(10)12/h10-12H,3-9H2,1-2H3. The Hall–Kier alpha value is -0.120. The largest absolute Gasteiger partial charge is 0.306 e. The zero-order valence-corrected chi connectivity index (χ0v) is 10.0. The Morgan fingerprint density at radius 1 is 0.867 bits per heavy atom. The number of hydrogen-bond donors (Lipinski definition) is 0. The van der Waals surface area contributed by atoms with E-state index in [0.29, 0.717) is 0 Å². The van der Waals surface area contributed by atoms with Crippen molar-refractivity contribution in [3.05, 3.63) is 0 Å². The van der Waals surface area contributed by atoms with Crippen LogP contribution in [0.15, 0.2) is 0 Å². The zero-order chi connectivity index (χ0) is 10.4. The summed E-state index contributed by atoms with van der Waals surface area (Å²) in [5, 5.41) is 0. The molecule has 3 rings (SSSR count). The topological polar surface area (TPSA) is 9.72 Å². The SMILES string of the molecule is CN1CCN(CC2C3CN(C)CC32)CC1. The highest BCUT2D eigenvalue weighted by Gasteiger charge is 2.54. The van der Waals surface area contributed by atoms with E-state index in [1.165, 1.54) is 45.8 Å². The fourth-order valence-electron chi connectivity index (χ4n) is 3.46. The number of likely N-dealkylation sites (N-methyl/N-ethyl adjacent to an activating group) is 1. The summed E-state index contributed by atoms with van der Waals surface area (Å²) in [6.07, 6.45) is 0. The van der Waals surface area contributed by atoms with E-state index in [9.17, 15) is 0 Å². The lowest BCUT2D eigenvalue weighted by Crippen LogP contribution is -2.45. The van der Waals surface area contributed by atoms with Gasteiger partial charge in [0.25, 0.3) is 0 Å². The van der Waals surface area contributed by atoms with Gasteiger partial charge in [0, 0.05) is 45.8 Å². The molecule has 0 amide bonds. The molecule has 0 aromatic heterocycles. The first-order valence-electron chi connectivity index (χ1n) is 6.33. The van der Waals surface area contributed by atoms with Crippen molar-refractivity contribution >= 4 is 0 Å². The minimum Gasteiger partial charge on any atom is -0.306 e. The summed E-state index contributed by atoms with van der Waals surface area (Å²) in [7, 11) is 4.50. The van der Waals surface area contributed by atoms with Gasteiger partial charge in [0.2, 0.25) is 0 Å². The quantitative estimate of drug-likeness (QED) is 0.636. The summed E-state index contributed by atoms with van der Waals surface area (Å²) in [5.74, 6) is 3.15. The van der Waals surface area contributed by atoms with Gasteiger partial charge in [-0.1, -0.05) is 0 Å². The minimum absolute atomic E-state index is 1.05. The zero-order valence-electron chi connectivity index (χ0n) is 10.0. The van der Waals surface area contributed by atoms with Crippen molar-refractivity contribution in [3.63, 3.8) is 0 Å². The van der Waals surface area contributed by atoms with Crippen LogP contribution in [0.1, 0.15) is 0 Å². The minimum atomic E-state index is 1.05. The molecule has 2 atom stereocenters. The molecule has 0 N–H and O–H groups in total. The maximum Gasteiger partial charge on any atom is 0.0110 e. The highest BCUT2D eigenvalue weighted by Crippen LogP contribution is 2.51. The summed E-state index contributed by atoms with van der Waals surface area (Å²) in [6, 6.07) is 0. The van der Waals surface area contributed by atoms with Crippen molar-refractivity contribution in [1.29, 1.82) is 0 Å². The first-order valence-corrected chi connectivity index (χ1v) is 6.33. The summed E-state index contributed by atoms with van der Waals surface area (Å²) in [5.41, 5.74) is 0. The molecule has 1 saturated carbocycles. The average molecular weight is 209 g/mol.